The van der Waals surface area contributed by atoms with Gasteiger partial charge < -0.3 is 9.74 Å². The SMILES string of the molecule is C/C(CN(Cc1ccccc1)C(=O)C(Cl)(Cl)Cl)=N\OCc1ccccc1. The van der Waals surface area contributed by atoms with Gasteiger partial charge in [-0.3, -0.25) is 4.79 Å². The highest BCUT2D eigenvalue weighted by molar-refractivity contribution is 6.76. The summed E-state index contributed by atoms with van der Waals surface area (Å²) in [4.78, 5) is 19.2. The predicted octanol–water partition coefficient (Wildman–Crippen LogP) is 4.98. The number of rotatable bonds is 7. The fraction of sp³-hybridized carbons (Fsp3) is 0.263. The number of hydrogen-bond acceptors (Lipinski definition) is 3. The van der Waals surface area contributed by atoms with Crippen molar-refractivity contribution in [3.8, 4) is 0 Å². The molecule has 7 heteroatoms. The number of carbonyl (C=O) groups excluding carboxylic acids is 1. The number of amides is 1. The molecule has 4 nitrogen and oxygen atoms in total. The zero-order valence-electron chi connectivity index (χ0n) is 14.2. The van der Waals surface area contributed by atoms with Crippen LogP contribution in [0.3, 0.4) is 0 Å². The van der Waals surface area contributed by atoms with Crippen LogP contribution in [0.25, 0.3) is 0 Å². The molecule has 0 atom stereocenters. The Kier molecular flexibility index (Phi) is 7.76. The van der Waals surface area contributed by atoms with Gasteiger partial charge in [0, 0.05) is 6.54 Å². The zero-order chi connectivity index (χ0) is 19.0. The van der Waals surface area contributed by atoms with Gasteiger partial charge in [0.25, 0.3) is 9.70 Å². The first-order chi connectivity index (χ1) is 12.4. The van der Waals surface area contributed by atoms with Crippen molar-refractivity contribution in [1.29, 1.82) is 0 Å². The Hall–Kier alpha value is -1.75. The second-order valence-electron chi connectivity index (χ2n) is 5.73. The van der Waals surface area contributed by atoms with E-state index in [2.05, 4.69) is 5.16 Å². The molecule has 0 N–H and O–H groups in total. The predicted molar refractivity (Wildman–Crippen MR) is 106 cm³/mol. The number of nitrogens with zero attached hydrogens (tertiary/aromatic N) is 2. The molecular formula is C19H19Cl3N2O2. The standard InChI is InChI=1S/C19H19Cl3N2O2/c1-15(23-26-14-17-10-6-3-7-11-17)12-24(18(25)19(20,21)22)13-16-8-4-2-5-9-16/h2-11H,12-14H2,1H3/b23-15+. The quantitative estimate of drug-likeness (QED) is 0.365. The molecule has 26 heavy (non-hydrogen) atoms. The summed E-state index contributed by atoms with van der Waals surface area (Å²) in [5.41, 5.74) is 2.52. The average Bonchev–Trinajstić information content (AvgIpc) is 2.61. The second-order valence-corrected chi connectivity index (χ2v) is 8.01. The molecule has 1 amide bonds. The van der Waals surface area contributed by atoms with Crippen LogP contribution >= 0.6 is 34.8 Å². The molecule has 0 fully saturated rings. The molecule has 0 aliphatic heterocycles. The minimum atomic E-state index is -2.03. The molecular weight excluding hydrogens is 395 g/mol. The van der Waals surface area contributed by atoms with E-state index in [0.29, 0.717) is 18.9 Å². The molecule has 138 valence electrons. The molecule has 2 aromatic carbocycles. The lowest BCUT2D eigenvalue weighted by atomic mass is 10.2. The molecule has 2 rings (SSSR count). The number of halogens is 3. The lowest BCUT2D eigenvalue weighted by molar-refractivity contribution is -0.130. The topological polar surface area (TPSA) is 41.9 Å². The molecule has 2 aromatic rings. The van der Waals surface area contributed by atoms with Gasteiger partial charge in [-0.05, 0) is 18.1 Å². The number of oxime groups is 1. The van der Waals surface area contributed by atoms with Gasteiger partial charge in [0.05, 0.1) is 12.3 Å². The van der Waals surface area contributed by atoms with Crippen molar-refractivity contribution in [3.05, 3.63) is 71.8 Å². The fourth-order valence-corrected chi connectivity index (χ4v) is 2.64. The molecule has 0 radical (unpaired) electrons. The molecule has 0 unspecified atom stereocenters. The van der Waals surface area contributed by atoms with Crippen molar-refractivity contribution in [3.63, 3.8) is 0 Å². The Bertz CT molecular complexity index is 731. The summed E-state index contributed by atoms with van der Waals surface area (Å²) in [6, 6.07) is 19.1. The van der Waals surface area contributed by atoms with Crippen molar-refractivity contribution < 1.29 is 9.63 Å². The summed E-state index contributed by atoms with van der Waals surface area (Å²) in [6.07, 6.45) is 0. The van der Waals surface area contributed by atoms with Crippen LogP contribution in [0, 0.1) is 0 Å². The van der Waals surface area contributed by atoms with Gasteiger partial charge in [-0.25, -0.2) is 0 Å². The first-order valence-electron chi connectivity index (χ1n) is 7.95. The van der Waals surface area contributed by atoms with E-state index in [1.807, 2.05) is 60.7 Å². The van der Waals surface area contributed by atoms with E-state index in [1.165, 1.54) is 4.90 Å². The summed E-state index contributed by atoms with van der Waals surface area (Å²) in [5.74, 6) is -0.607. The maximum atomic E-state index is 12.4. The van der Waals surface area contributed by atoms with Crippen LogP contribution in [0.2, 0.25) is 0 Å². The van der Waals surface area contributed by atoms with E-state index in [4.69, 9.17) is 39.6 Å². The summed E-state index contributed by atoms with van der Waals surface area (Å²) < 4.78 is -2.03. The first-order valence-corrected chi connectivity index (χ1v) is 9.09. The normalized spacial score (nSPS) is 11.9. The number of hydrogen-bond donors (Lipinski definition) is 0. The molecule has 0 saturated heterocycles. The molecule has 0 aliphatic rings. The van der Waals surface area contributed by atoms with Crippen molar-refractivity contribution >= 4 is 46.4 Å². The Morgan fingerprint density at radius 3 is 2.08 bits per heavy atom. The van der Waals surface area contributed by atoms with Crippen LogP contribution in [0.15, 0.2) is 65.8 Å². The van der Waals surface area contributed by atoms with Crippen molar-refractivity contribution in [2.45, 2.75) is 23.9 Å². The molecule has 0 bridgehead atoms. The van der Waals surface area contributed by atoms with E-state index in [9.17, 15) is 4.79 Å². The largest absolute Gasteiger partial charge is 0.391 e. The van der Waals surface area contributed by atoms with E-state index in [1.54, 1.807) is 6.92 Å². The van der Waals surface area contributed by atoms with E-state index in [-0.39, 0.29) is 6.54 Å². The maximum absolute atomic E-state index is 12.4. The van der Waals surface area contributed by atoms with E-state index in [0.717, 1.165) is 11.1 Å². The van der Waals surface area contributed by atoms with Crippen LogP contribution in [0.5, 0.6) is 0 Å². The van der Waals surface area contributed by atoms with Gasteiger partial charge >= 0.3 is 0 Å². The third-order valence-electron chi connectivity index (χ3n) is 3.46. The Morgan fingerprint density at radius 2 is 1.54 bits per heavy atom. The monoisotopic (exact) mass is 412 g/mol. The fourth-order valence-electron chi connectivity index (χ4n) is 2.28. The Morgan fingerprint density at radius 1 is 1.00 bits per heavy atom. The van der Waals surface area contributed by atoms with Gasteiger partial charge in [0.2, 0.25) is 0 Å². The third-order valence-corrected chi connectivity index (χ3v) is 3.95. The molecule has 0 heterocycles. The van der Waals surface area contributed by atoms with Crippen LogP contribution in [-0.4, -0.2) is 26.9 Å². The highest BCUT2D eigenvalue weighted by atomic mass is 35.6. The van der Waals surface area contributed by atoms with Crippen molar-refractivity contribution in [2.75, 3.05) is 6.54 Å². The summed E-state index contributed by atoms with van der Waals surface area (Å²) in [7, 11) is 0. The van der Waals surface area contributed by atoms with Gasteiger partial charge in [-0.2, -0.15) is 0 Å². The number of benzene rings is 2. The summed E-state index contributed by atoms with van der Waals surface area (Å²) in [5, 5.41) is 4.06. The lowest BCUT2D eigenvalue weighted by Gasteiger charge is -2.25. The lowest BCUT2D eigenvalue weighted by Crippen LogP contribution is -2.41. The first kappa shape index (κ1) is 20.6. The minimum Gasteiger partial charge on any atom is -0.391 e. The number of carbonyl (C=O) groups is 1. The molecule has 0 aliphatic carbocycles. The van der Waals surface area contributed by atoms with Crippen LogP contribution in [0.1, 0.15) is 18.1 Å². The Labute approximate surface area is 168 Å². The van der Waals surface area contributed by atoms with Gasteiger partial charge in [0.1, 0.15) is 6.61 Å². The van der Waals surface area contributed by atoms with Gasteiger partial charge in [-0.15, -0.1) is 0 Å². The summed E-state index contributed by atoms with van der Waals surface area (Å²) >= 11 is 17.3. The third kappa shape index (κ3) is 6.87. The maximum Gasteiger partial charge on any atom is 0.275 e. The zero-order valence-corrected chi connectivity index (χ0v) is 16.5. The van der Waals surface area contributed by atoms with E-state index >= 15 is 0 Å². The minimum absolute atomic E-state index is 0.191. The average molecular weight is 414 g/mol. The summed E-state index contributed by atoms with van der Waals surface area (Å²) in [6.45, 7) is 2.60. The molecule has 0 saturated carbocycles. The number of alkyl halides is 3. The van der Waals surface area contributed by atoms with Gasteiger partial charge in [-0.1, -0.05) is 101 Å². The van der Waals surface area contributed by atoms with Gasteiger partial charge in [0.15, 0.2) is 0 Å². The Balaban J connectivity index is 2.02. The van der Waals surface area contributed by atoms with E-state index < -0.39 is 9.70 Å². The van der Waals surface area contributed by atoms with Crippen LogP contribution in [0.4, 0.5) is 0 Å². The second kappa shape index (κ2) is 9.81. The molecule has 0 spiro atoms. The smallest absolute Gasteiger partial charge is 0.275 e. The van der Waals surface area contributed by atoms with Crippen LogP contribution < -0.4 is 0 Å². The molecule has 0 aromatic heterocycles. The highest BCUT2D eigenvalue weighted by Crippen LogP contribution is 2.29. The van der Waals surface area contributed by atoms with Crippen molar-refractivity contribution in [1.82, 2.24) is 4.90 Å². The van der Waals surface area contributed by atoms with Crippen LogP contribution in [-0.2, 0) is 22.8 Å². The highest BCUT2D eigenvalue weighted by Gasteiger charge is 2.35. The van der Waals surface area contributed by atoms with Crippen molar-refractivity contribution in [2.24, 2.45) is 5.16 Å².